The van der Waals surface area contributed by atoms with Crippen LogP contribution in [0.4, 0.5) is 5.13 Å². The highest BCUT2D eigenvalue weighted by atomic mass is 35.5. The number of thiazole rings is 1. The number of anilines is 1. The summed E-state index contributed by atoms with van der Waals surface area (Å²) in [6.07, 6.45) is 0.383. The third kappa shape index (κ3) is 7.63. The Kier molecular flexibility index (Phi) is 11.5. The first-order chi connectivity index (χ1) is 14.2. The molecular weight excluding hydrogens is 481 g/mol. The summed E-state index contributed by atoms with van der Waals surface area (Å²) in [6.45, 7) is 9.98. The second-order valence-corrected chi connectivity index (χ2v) is 10.9. The van der Waals surface area contributed by atoms with Crippen LogP contribution in [0.2, 0.25) is 0 Å². The zero-order valence-corrected chi connectivity index (χ0v) is 22.8. The van der Waals surface area contributed by atoms with Gasteiger partial charge >= 0.3 is 0 Å². The number of benzene rings is 2. The number of hydrogen-bond donors (Lipinski definition) is 0. The van der Waals surface area contributed by atoms with Crippen LogP contribution >= 0.6 is 47.9 Å². The summed E-state index contributed by atoms with van der Waals surface area (Å²) in [5, 5.41) is 1.34. The second kappa shape index (κ2) is 12.8. The number of aromatic nitrogens is 1. The molecule has 0 spiro atoms. The van der Waals surface area contributed by atoms with Crippen LogP contribution in [0.15, 0.2) is 41.3 Å². The Balaban J connectivity index is 0.00000256. The van der Waals surface area contributed by atoms with Gasteiger partial charge < -0.3 is 4.90 Å². The van der Waals surface area contributed by atoms with Gasteiger partial charge in [0.05, 0.1) is 16.6 Å². The molecule has 0 saturated heterocycles. The lowest BCUT2D eigenvalue weighted by Gasteiger charge is -2.22. The molecule has 0 radical (unpaired) electrons. The van der Waals surface area contributed by atoms with E-state index in [0.29, 0.717) is 18.2 Å². The molecule has 176 valence electrons. The second-order valence-electron chi connectivity index (χ2n) is 8.26. The number of carbonyl (C=O) groups is 1. The predicted octanol–water partition coefficient (Wildman–Crippen LogP) is 6.39. The molecule has 2 aromatic carbocycles. The highest BCUT2D eigenvalue weighted by Crippen LogP contribution is 2.32. The molecule has 0 bridgehead atoms. The number of amides is 1. The number of fused-ring (bicyclic) bond motifs is 1. The normalized spacial score (nSPS) is 10.9. The van der Waals surface area contributed by atoms with Crippen molar-refractivity contribution in [1.82, 2.24) is 9.88 Å². The van der Waals surface area contributed by atoms with Crippen molar-refractivity contribution < 1.29 is 4.79 Å². The Hall–Kier alpha value is -1.31. The lowest BCUT2D eigenvalue weighted by molar-refractivity contribution is -0.118. The van der Waals surface area contributed by atoms with Gasteiger partial charge in [0.15, 0.2) is 5.13 Å². The zero-order chi connectivity index (χ0) is 21.8. The number of thioether (sulfide) groups is 1. The molecule has 0 aliphatic heterocycles. The van der Waals surface area contributed by atoms with E-state index in [1.54, 1.807) is 11.3 Å². The number of hydrogen-bond acceptors (Lipinski definition) is 5. The largest absolute Gasteiger partial charge is 0.308 e. The Morgan fingerprint density at radius 1 is 1.06 bits per heavy atom. The van der Waals surface area contributed by atoms with Crippen LogP contribution in [0.25, 0.3) is 10.2 Å². The summed E-state index contributed by atoms with van der Waals surface area (Å²) >= 11 is 3.44. The van der Waals surface area contributed by atoms with E-state index >= 15 is 0 Å². The number of nitrogens with zero attached hydrogens (tertiary/aromatic N) is 3. The van der Waals surface area contributed by atoms with Crippen LogP contribution in [0.3, 0.4) is 0 Å². The molecule has 32 heavy (non-hydrogen) atoms. The molecule has 1 amide bonds. The maximum atomic E-state index is 13.3. The molecule has 0 unspecified atom stereocenters. The summed E-state index contributed by atoms with van der Waals surface area (Å²) in [4.78, 5) is 23.3. The Labute approximate surface area is 212 Å². The molecule has 0 fully saturated rings. The van der Waals surface area contributed by atoms with Gasteiger partial charge in [-0.15, -0.1) is 36.6 Å². The summed E-state index contributed by atoms with van der Waals surface area (Å²) in [5.74, 6) is 0.0922. The van der Waals surface area contributed by atoms with Crippen molar-refractivity contribution in [3.63, 3.8) is 0 Å². The van der Waals surface area contributed by atoms with E-state index in [1.165, 1.54) is 10.5 Å². The summed E-state index contributed by atoms with van der Waals surface area (Å²) in [7, 11) is 4.05. The fourth-order valence-corrected chi connectivity index (χ4v) is 5.35. The Morgan fingerprint density at radius 3 is 2.31 bits per heavy atom. The number of carbonyl (C=O) groups excluding carboxylic acids is 1. The third-order valence-corrected chi connectivity index (χ3v) is 6.81. The van der Waals surface area contributed by atoms with Crippen LogP contribution in [0.5, 0.6) is 0 Å². The van der Waals surface area contributed by atoms with E-state index in [2.05, 4.69) is 69.0 Å². The van der Waals surface area contributed by atoms with Crippen LogP contribution < -0.4 is 4.90 Å². The number of likely N-dealkylation sites (N-methyl/N-ethyl adjacent to an activating group) is 1. The molecule has 0 saturated carbocycles. The van der Waals surface area contributed by atoms with Crippen molar-refractivity contribution in [2.45, 2.75) is 44.3 Å². The quantitative estimate of drug-likeness (QED) is 0.326. The van der Waals surface area contributed by atoms with E-state index in [-0.39, 0.29) is 30.7 Å². The fraction of sp³-hybridized carbons (Fsp3) is 0.417. The van der Waals surface area contributed by atoms with Gasteiger partial charge in [0, 0.05) is 23.2 Å². The smallest absolute Gasteiger partial charge is 0.233 e. The van der Waals surface area contributed by atoms with Crippen molar-refractivity contribution in [2.75, 3.05) is 32.1 Å². The lowest BCUT2D eigenvalue weighted by atomic mass is 10.1. The van der Waals surface area contributed by atoms with Gasteiger partial charge in [-0.3, -0.25) is 9.69 Å². The Bertz CT molecular complexity index is 1020. The lowest BCUT2D eigenvalue weighted by Crippen LogP contribution is -2.37. The standard InChI is InChI=1S/C24H31N3OS2.2ClH/c1-16(2)29-20-9-7-19(8-10-20)15-22(28)27(12-11-26(5)6)24-25-23-18(4)13-17(3)14-21(23)30-24;;/h7-10,13-14,16H,11-12,15H2,1-6H3;2*1H. The first kappa shape index (κ1) is 28.7. The van der Waals surface area contributed by atoms with Crippen molar-refractivity contribution in [3.8, 4) is 0 Å². The van der Waals surface area contributed by atoms with E-state index in [9.17, 15) is 4.79 Å². The highest BCUT2D eigenvalue weighted by molar-refractivity contribution is 7.99. The first-order valence-electron chi connectivity index (χ1n) is 10.3. The molecule has 0 aliphatic rings. The minimum atomic E-state index is 0. The predicted molar refractivity (Wildman–Crippen MR) is 146 cm³/mol. The molecule has 0 atom stereocenters. The van der Waals surface area contributed by atoms with Gasteiger partial charge in [-0.1, -0.05) is 43.4 Å². The van der Waals surface area contributed by atoms with Crippen LogP contribution in [-0.2, 0) is 11.2 Å². The molecule has 1 heterocycles. The van der Waals surface area contributed by atoms with Crippen LogP contribution in [0.1, 0.15) is 30.5 Å². The number of aryl methyl sites for hydroxylation is 2. The topological polar surface area (TPSA) is 36.4 Å². The molecule has 0 N–H and O–H groups in total. The molecule has 3 rings (SSSR count). The van der Waals surface area contributed by atoms with Gasteiger partial charge in [0.1, 0.15) is 0 Å². The average Bonchev–Trinajstić information content (AvgIpc) is 3.06. The third-order valence-electron chi connectivity index (χ3n) is 4.77. The van der Waals surface area contributed by atoms with E-state index in [4.69, 9.17) is 4.98 Å². The molecule has 3 aromatic rings. The average molecular weight is 515 g/mol. The number of rotatable bonds is 8. The molecule has 4 nitrogen and oxygen atoms in total. The summed E-state index contributed by atoms with van der Waals surface area (Å²) < 4.78 is 1.14. The number of halogens is 2. The van der Waals surface area contributed by atoms with E-state index in [0.717, 1.165) is 33.0 Å². The van der Waals surface area contributed by atoms with Crippen molar-refractivity contribution >= 4 is 69.2 Å². The minimum absolute atomic E-state index is 0. The van der Waals surface area contributed by atoms with Gasteiger partial charge in [0.25, 0.3) is 0 Å². The Morgan fingerprint density at radius 2 is 1.72 bits per heavy atom. The maximum absolute atomic E-state index is 13.3. The summed E-state index contributed by atoms with van der Waals surface area (Å²) in [5.41, 5.74) is 4.42. The minimum Gasteiger partial charge on any atom is -0.308 e. The molecule has 0 aliphatic carbocycles. The van der Waals surface area contributed by atoms with E-state index < -0.39 is 0 Å². The fourth-order valence-electron chi connectivity index (χ4n) is 3.33. The van der Waals surface area contributed by atoms with Gasteiger partial charge in [-0.25, -0.2) is 4.98 Å². The maximum Gasteiger partial charge on any atom is 0.233 e. The van der Waals surface area contributed by atoms with Crippen molar-refractivity contribution in [1.29, 1.82) is 0 Å². The molecule has 1 aromatic heterocycles. The van der Waals surface area contributed by atoms with Gasteiger partial charge in [-0.05, 0) is 62.8 Å². The van der Waals surface area contributed by atoms with Crippen LogP contribution in [-0.4, -0.2) is 48.2 Å². The van der Waals surface area contributed by atoms with E-state index in [1.807, 2.05) is 30.8 Å². The van der Waals surface area contributed by atoms with Crippen molar-refractivity contribution in [2.24, 2.45) is 0 Å². The van der Waals surface area contributed by atoms with Crippen LogP contribution in [0, 0.1) is 13.8 Å². The zero-order valence-electron chi connectivity index (χ0n) is 19.5. The monoisotopic (exact) mass is 513 g/mol. The SMILES string of the molecule is Cc1cc(C)c2nc(N(CCN(C)C)C(=O)Cc3ccc(SC(C)C)cc3)sc2c1.Cl.Cl. The summed E-state index contributed by atoms with van der Waals surface area (Å²) in [6, 6.07) is 12.7. The first-order valence-corrected chi connectivity index (χ1v) is 12.0. The van der Waals surface area contributed by atoms with Gasteiger partial charge in [-0.2, -0.15) is 0 Å². The molecular formula is C24H33Cl2N3OS2. The molecule has 8 heteroatoms. The highest BCUT2D eigenvalue weighted by Gasteiger charge is 2.21. The van der Waals surface area contributed by atoms with Gasteiger partial charge in [0.2, 0.25) is 5.91 Å². The van der Waals surface area contributed by atoms with Crippen molar-refractivity contribution in [3.05, 3.63) is 53.1 Å².